The van der Waals surface area contributed by atoms with Crippen LogP contribution < -0.4 is 9.47 Å². The van der Waals surface area contributed by atoms with Crippen LogP contribution in [0.25, 0.3) is 0 Å². The van der Waals surface area contributed by atoms with Gasteiger partial charge in [-0.05, 0) is 46.7 Å². The van der Waals surface area contributed by atoms with E-state index in [2.05, 4.69) is 6.07 Å². The van der Waals surface area contributed by atoms with Gasteiger partial charge in [-0.1, -0.05) is 36.4 Å². The molecule has 34 heavy (non-hydrogen) atoms. The summed E-state index contributed by atoms with van der Waals surface area (Å²) in [6.45, 7) is 1.60. The third-order valence-electron chi connectivity index (χ3n) is 6.75. The summed E-state index contributed by atoms with van der Waals surface area (Å²) < 4.78 is 11.1. The number of likely N-dealkylation sites (tertiary alicyclic amines) is 1. The lowest BCUT2D eigenvalue weighted by Gasteiger charge is -2.38. The van der Waals surface area contributed by atoms with Crippen molar-refractivity contribution in [3.63, 3.8) is 0 Å². The lowest BCUT2D eigenvalue weighted by atomic mass is 9.89. The molecule has 0 spiro atoms. The van der Waals surface area contributed by atoms with Gasteiger partial charge in [-0.2, -0.15) is 0 Å². The number of thiophene rings is 1. The number of carbonyl (C=O) groups is 2. The molecule has 1 aromatic heterocycles. The number of benzene rings is 2. The van der Waals surface area contributed by atoms with Crippen molar-refractivity contribution in [2.75, 3.05) is 27.3 Å². The minimum atomic E-state index is -0.333. The number of rotatable bonds is 6. The minimum Gasteiger partial charge on any atom is -0.493 e. The normalized spacial score (nSPS) is 19.8. The highest BCUT2D eigenvalue weighted by Crippen LogP contribution is 2.43. The Labute approximate surface area is 203 Å². The molecule has 6 nitrogen and oxygen atoms in total. The van der Waals surface area contributed by atoms with E-state index >= 15 is 0 Å². The summed E-state index contributed by atoms with van der Waals surface area (Å²) in [6.07, 6.45) is 0.996. The van der Waals surface area contributed by atoms with Gasteiger partial charge in [0.2, 0.25) is 11.8 Å². The van der Waals surface area contributed by atoms with Crippen molar-refractivity contribution in [3.05, 3.63) is 81.5 Å². The van der Waals surface area contributed by atoms with Gasteiger partial charge >= 0.3 is 0 Å². The third kappa shape index (κ3) is 4.16. The van der Waals surface area contributed by atoms with Gasteiger partial charge in [0.05, 0.1) is 26.2 Å². The summed E-state index contributed by atoms with van der Waals surface area (Å²) in [7, 11) is 3.26. The molecule has 3 aromatic rings. The van der Waals surface area contributed by atoms with Crippen molar-refractivity contribution in [3.8, 4) is 11.5 Å². The highest BCUT2D eigenvalue weighted by Gasteiger charge is 2.41. The quantitative estimate of drug-likeness (QED) is 0.533. The van der Waals surface area contributed by atoms with Crippen molar-refractivity contribution >= 4 is 23.2 Å². The van der Waals surface area contributed by atoms with Gasteiger partial charge in [0, 0.05) is 30.9 Å². The number of hydrogen-bond donors (Lipinski definition) is 0. The van der Waals surface area contributed by atoms with E-state index in [9.17, 15) is 9.59 Å². The molecular formula is C27H28N2O4S. The van der Waals surface area contributed by atoms with Crippen molar-refractivity contribution in [2.45, 2.75) is 25.4 Å². The molecule has 2 amide bonds. The van der Waals surface area contributed by atoms with Crippen LogP contribution in [0.3, 0.4) is 0 Å². The molecule has 0 bridgehead atoms. The zero-order valence-corrected chi connectivity index (χ0v) is 20.2. The maximum atomic E-state index is 13.8. The number of fused-ring (bicyclic) bond motifs is 1. The van der Waals surface area contributed by atoms with Crippen LogP contribution >= 0.6 is 11.3 Å². The number of amides is 2. The van der Waals surface area contributed by atoms with E-state index < -0.39 is 0 Å². The number of ether oxygens (including phenoxy) is 2. The van der Waals surface area contributed by atoms with E-state index in [1.165, 1.54) is 0 Å². The molecule has 0 radical (unpaired) electrons. The van der Waals surface area contributed by atoms with E-state index in [-0.39, 0.29) is 30.2 Å². The Hall–Kier alpha value is -3.32. The first-order valence-corrected chi connectivity index (χ1v) is 12.4. The smallest absolute Gasteiger partial charge is 0.228 e. The molecule has 0 saturated carbocycles. The van der Waals surface area contributed by atoms with E-state index in [0.717, 1.165) is 28.0 Å². The molecule has 7 heteroatoms. The standard InChI is InChI=1S/C27H28N2O4S/c1-32-22-13-19-10-11-29(26(24-9-6-12-34-24)21(19)15-23(22)33-2)27(31)20-14-25(30)28(17-20)16-18-7-4-3-5-8-18/h3-9,12-13,15,20,26H,10-11,14,16-17H2,1-2H3/t20-,26+/m0/s1. The van der Waals surface area contributed by atoms with Gasteiger partial charge in [0.25, 0.3) is 0 Å². The molecule has 5 rings (SSSR count). The first-order chi connectivity index (χ1) is 16.6. The van der Waals surface area contributed by atoms with E-state index in [1.807, 2.05) is 63.7 Å². The maximum Gasteiger partial charge on any atom is 0.228 e. The van der Waals surface area contributed by atoms with Crippen molar-refractivity contribution in [2.24, 2.45) is 5.92 Å². The molecule has 0 aliphatic carbocycles. The minimum absolute atomic E-state index is 0.0405. The van der Waals surface area contributed by atoms with Crippen LogP contribution in [0.1, 0.15) is 34.0 Å². The average molecular weight is 477 g/mol. The second kappa shape index (κ2) is 9.50. The molecular weight excluding hydrogens is 448 g/mol. The van der Waals surface area contributed by atoms with Gasteiger partial charge in [0.1, 0.15) is 0 Å². The van der Waals surface area contributed by atoms with Crippen LogP contribution in [0.15, 0.2) is 60.0 Å². The summed E-state index contributed by atoms with van der Waals surface area (Å²) in [5, 5.41) is 2.04. The van der Waals surface area contributed by atoms with Gasteiger partial charge in [0.15, 0.2) is 11.5 Å². The Kier molecular flexibility index (Phi) is 6.28. The van der Waals surface area contributed by atoms with Gasteiger partial charge in [-0.3, -0.25) is 9.59 Å². The Morgan fingerprint density at radius 3 is 2.53 bits per heavy atom. The van der Waals surface area contributed by atoms with Crippen LogP contribution in [0.5, 0.6) is 11.5 Å². The predicted octanol–water partition coefficient (Wildman–Crippen LogP) is 4.29. The number of carbonyl (C=O) groups excluding carboxylic acids is 2. The van der Waals surface area contributed by atoms with Crippen molar-refractivity contribution in [1.82, 2.24) is 9.80 Å². The zero-order chi connectivity index (χ0) is 23.7. The third-order valence-corrected chi connectivity index (χ3v) is 7.67. The Morgan fingerprint density at radius 1 is 1.06 bits per heavy atom. The first-order valence-electron chi connectivity index (χ1n) is 11.5. The molecule has 0 N–H and O–H groups in total. The molecule has 2 aliphatic heterocycles. The predicted molar refractivity (Wildman–Crippen MR) is 131 cm³/mol. The first kappa shape index (κ1) is 22.5. The van der Waals surface area contributed by atoms with Gasteiger partial charge in [-0.15, -0.1) is 11.3 Å². The van der Waals surface area contributed by atoms with Gasteiger partial charge in [-0.25, -0.2) is 0 Å². The molecule has 2 aromatic carbocycles. The molecule has 0 unspecified atom stereocenters. The fourth-order valence-corrected chi connectivity index (χ4v) is 5.92. The highest BCUT2D eigenvalue weighted by atomic mass is 32.1. The lowest BCUT2D eigenvalue weighted by molar-refractivity contribution is -0.137. The van der Waals surface area contributed by atoms with Crippen molar-refractivity contribution in [1.29, 1.82) is 0 Å². The largest absolute Gasteiger partial charge is 0.493 e. The second-order valence-corrected chi connectivity index (χ2v) is 9.75. The SMILES string of the molecule is COc1cc2c(cc1OC)[C@H](c1cccs1)N(C(=O)[C@H]1CC(=O)N(Cc3ccccc3)C1)CC2. The summed E-state index contributed by atoms with van der Waals surface area (Å²) in [5.41, 5.74) is 3.30. The van der Waals surface area contributed by atoms with E-state index in [0.29, 0.717) is 31.1 Å². The van der Waals surface area contributed by atoms with Gasteiger partial charge < -0.3 is 19.3 Å². The number of methoxy groups -OCH3 is 2. The molecule has 1 saturated heterocycles. The summed E-state index contributed by atoms with van der Waals surface area (Å²) in [6, 6.07) is 17.8. The maximum absolute atomic E-state index is 13.8. The molecule has 1 fully saturated rings. The Balaban J connectivity index is 1.43. The van der Waals surface area contributed by atoms with Crippen LogP contribution in [0.2, 0.25) is 0 Å². The van der Waals surface area contributed by atoms with Crippen LogP contribution in [-0.4, -0.2) is 48.9 Å². The Bertz CT molecular complexity index is 1180. The fraction of sp³-hybridized carbons (Fsp3) is 0.333. The second-order valence-electron chi connectivity index (χ2n) is 8.77. The topological polar surface area (TPSA) is 59.1 Å². The lowest BCUT2D eigenvalue weighted by Crippen LogP contribution is -2.44. The summed E-state index contributed by atoms with van der Waals surface area (Å²) >= 11 is 1.64. The molecule has 2 aliphatic rings. The molecule has 2 atom stereocenters. The molecule has 176 valence electrons. The monoisotopic (exact) mass is 476 g/mol. The fourth-order valence-electron chi connectivity index (χ4n) is 5.07. The summed E-state index contributed by atoms with van der Waals surface area (Å²) in [4.78, 5) is 31.5. The zero-order valence-electron chi connectivity index (χ0n) is 19.4. The van der Waals surface area contributed by atoms with E-state index in [1.54, 1.807) is 25.6 Å². The van der Waals surface area contributed by atoms with Crippen LogP contribution in [-0.2, 0) is 22.6 Å². The number of nitrogens with zero attached hydrogens (tertiary/aromatic N) is 2. The summed E-state index contributed by atoms with van der Waals surface area (Å²) in [5.74, 6) is 1.10. The highest BCUT2D eigenvalue weighted by molar-refractivity contribution is 7.10. The molecule has 3 heterocycles. The Morgan fingerprint density at radius 2 is 1.82 bits per heavy atom. The van der Waals surface area contributed by atoms with Crippen LogP contribution in [0, 0.1) is 5.92 Å². The average Bonchev–Trinajstić information content (AvgIpc) is 3.53. The van der Waals surface area contributed by atoms with Crippen molar-refractivity contribution < 1.29 is 19.1 Å². The number of hydrogen-bond acceptors (Lipinski definition) is 5. The van der Waals surface area contributed by atoms with Crippen LogP contribution in [0.4, 0.5) is 0 Å². The van der Waals surface area contributed by atoms with E-state index in [4.69, 9.17) is 9.47 Å².